The first-order valence-electron chi connectivity index (χ1n) is 5.49. The van der Waals surface area contributed by atoms with Crippen molar-refractivity contribution in [3.05, 3.63) is 0 Å². The quantitative estimate of drug-likeness (QED) is 0.706. The maximum atomic E-state index is 12.0. The minimum absolute atomic E-state index is 0.207. The molecule has 2 bridgehead atoms. The number of piperidine rings is 2. The van der Waals surface area contributed by atoms with E-state index in [9.17, 15) is 18.0 Å². The highest BCUT2D eigenvalue weighted by Gasteiger charge is 2.43. The number of halogens is 3. The summed E-state index contributed by atoms with van der Waals surface area (Å²) in [5, 5.41) is 3.32. The van der Waals surface area contributed by atoms with Crippen LogP contribution in [0.1, 0.15) is 32.1 Å². The van der Waals surface area contributed by atoms with Crippen LogP contribution in [0.2, 0.25) is 0 Å². The topological polar surface area (TPSA) is 38.3 Å². The fourth-order valence-corrected chi connectivity index (χ4v) is 2.53. The average molecular weight is 237 g/mol. The van der Waals surface area contributed by atoms with Crippen LogP contribution in [-0.4, -0.2) is 30.3 Å². The molecule has 0 amide bonds. The van der Waals surface area contributed by atoms with Gasteiger partial charge in [-0.2, -0.15) is 13.2 Å². The number of carbonyl (C=O) groups is 1. The Balaban J connectivity index is 1.89. The molecule has 2 saturated heterocycles. The van der Waals surface area contributed by atoms with Crippen molar-refractivity contribution in [1.82, 2.24) is 5.32 Å². The van der Waals surface area contributed by atoms with E-state index in [4.69, 9.17) is 0 Å². The van der Waals surface area contributed by atoms with E-state index in [0.717, 1.165) is 19.3 Å². The van der Waals surface area contributed by atoms with E-state index in [-0.39, 0.29) is 12.1 Å². The van der Waals surface area contributed by atoms with Crippen molar-refractivity contribution >= 4 is 5.97 Å². The summed E-state index contributed by atoms with van der Waals surface area (Å²) in [6.45, 7) is 0. The van der Waals surface area contributed by atoms with Crippen LogP contribution in [0.25, 0.3) is 0 Å². The molecule has 16 heavy (non-hydrogen) atoms. The Labute approximate surface area is 91.3 Å². The number of fused-ring (bicyclic) bond motifs is 2. The summed E-state index contributed by atoms with van der Waals surface area (Å²) in [5.41, 5.74) is 0. The zero-order valence-corrected chi connectivity index (χ0v) is 8.72. The third kappa shape index (κ3) is 2.66. The number of esters is 1. The molecule has 0 radical (unpaired) electrons. The van der Waals surface area contributed by atoms with Crippen LogP contribution in [0.15, 0.2) is 0 Å². The minimum atomic E-state index is -4.88. The average Bonchev–Trinajstić information content (AvgIpc) is 2.15. The van der Waals surface area contributed by atoms with Gasteiger partial charge in [-0.25, -0.2) is 4.79 Å². The van der Waals surface area contributed by atoms with Crippen molar-refractivity contribution < 1.29 is 22.7 Å². The summed E-state index contributed by atoms with van der Waals surface area (Å²) in [6, 6.07) is 0.414. The molecule has 2 atom stereocenters. The molecule has 92 valence electrons. The number of hydrogen-bond acceptors (Lipinski definition) is 3. The third-order valence-electron chi connectivity index (χ3n) is 3.18. The molecule has 2 aliphatic rings. The Bertz CT molecular complexity index is 268. The van der Waals surface area contributed by atoms with Crippen molar-refractivity contribution in [2.75, 3.05) is 0 Å². The zero-order chi connectivity index (χ0) is 11.8. The van der Waals surface area contributed by atoms with Gasteiger partial charge in [-0.15, -0.1) is 0 Å². The van der Waals surface area contributed by atoms with Gasteiger partial charge in [0, 0.05) is 12.1 Å². The third-order valence-corrected chi connectivity index (χ3v) is 3.18. The molecule has 2 aliphatic heterocycles. The number of rotatable bonds is 1. The molecule has 0 aliphatic carbocycles. The smallest absolute Gasteiger partial charge is 0.456 e. The first-order chi connectivity index (χ1) is 7.45. The fourth-order valence-electron chi connectivity index (χ4n) is 2.53. The van der Waals surface area contributed by atoms with Crippen molar-refractivity contribution in [3.8, 4) is 0 Å². The van der Waals surface area contributed by atoms with Crippen LogP contribution >= 0.6 is 0 Å². The monoisotopic (exact) mass is 237 g/mol. The Morgan fingerprint density at radius 1 is 1.19 bits per heavy atom. The van der Waals surface area contributed by atoms with Gasteiger partial charge in [0.15, 0.2) is 0 Å². The van der Waals surface area contributed by atoms with Crippen LogP contribution in [0.4, 0.5) is 13.2 Å². The highest BCUT2D eigenvalue weighted by Crippen LogP contribution is 2.29. The van der Waals surface area contributed by atoms with E-state index in [1.165, 1.54) is 0 Å². The van der Waals surface area contributed by atoms with E-state index >= 15 is 0 Å². The molecule has 0 spiro atoms. The normalized spacial score (nSPS) is 34.6. The number of ether oxygens (including phenoxy) is 1. The summed E-state index contributed by atoms with van der Waals surface area (Å²) < 4.78 is 40.5. The van der Waals surface area contributed by atoms with E-state index in [0.29, 0.717) is 12.8 Å². The SMILES string of the molecule is O=C(OC1CC2CCCC(C1)N2)C(F)(F)F. The maximum absolute atomic E-state index is 12.0. The van der Waals surface area contributed by atoms with Gasteiger partial charge in [0.05, 0.1) is 0 Å². The predicted molar refractivity (Wildman–Crippen MR) is 49.7 cm³/mol. The van der Waals surface area contributed by atoms with Crippen molar-refractivity contribution in [2.45, 2.75) is 56.5 Å². The Kier molecular flexibility index (Phi) is 3.10. The molecular formula is C10H14F3NO2. The zero-order valence-electron chi connectivity index (χ0n) is 8.72. The molecular weight excluding hydrogens is 223 g/mol. The van der Waals surface area contributed by atoms with Gasteiger partial charge in [-0.1, -0.05) is 6.42 Å². The number of hydrogen-bond donors (Lipinski definition) is 1. The number of alkyl halides is 3. The molecule has 0 aromatic carbocycles. The van der Waals surface area contributed by atoms with Gasteiger partial charge >= 0.3 is 12.1 Å². The van der Waals surface area contributed by atoms with Crippen LogP contribution in [0.3, 0.4) is 0 Å². The van der Waals surface area contributed by atoms with Crippen LogP contribution in [0, 0.1) is 0 Å². The van der Waals surface area contributed by atoms with Gasteiger partial charge in [-0.05, 0) is 25.7 Å². The molecule has 0 aromatic rings. The second-order valence-corrected chi connectivity index (χ2v) is 4.49. The Morgan fingerprint density at radius 3 is 2.25 bits per heavy atom. The number of carbonyl (C=O) groups excluding carboxylic acids is 1. The Morgan fingerprint density at radius 2 is 1.75 bits per heavy atom. The largest absolute Gasteiger partial charge is 0.490 e. The van der Waals surface area contributed by atoms with E-state index in [2.05, 4.69) is 10.1 Å². The van der Waals surface area contributed by atoms with E-state index < -0.39 is 18.2 Å². The highest BCUT2D eigenvalue weighted by molar-refractivity contribution is 5.75. The van der Waals surface area contributed by atoms with Crippen molar-refractivity contribution in [1.29, 1.82) is 0 Å². The van der Waals surface area contributed by atoms with Crippen LogP contribution in [-0.2, 0) is 9.53 Å². The van der Waals surface area contributed by atoms with Gasteiger partial charge < -0.3 is 10.1 Å². The lowest BCUT2D eigenvalue weighted by molar-refractivity contribution is -0.206. The first kappa shape index (κ1) is 11.7. The lowest BCUT2D eigenvalue weighted by atomic mass is 9.85. The Hall–Kier alpha value is -0.780. The van der Waals surface area contributed by atoms with Crippen LogP contribution < -0.4 is 5.32 Å². The maximum Gasteiger partial charge on any atom is 0.490 e. The molecule has 2 unspecified atom stereocenters. The lowest BCUT2D eigenvalue weighted by Gasteiger charge is -2.39. The molecule has 0 aromatic heterocycles. The summed E-state index contributed by atoms with van der Waals surface area (Å²) in [6.07, 6.45) is -1.45. The van der Waals surface area contributed by atoms with E-state index in [1.54, 1.807) is 0 Å². The van der Waals surface area contributed by atoms with Gasteiger partial charge in [-0.3, -0.25) is 0 Å². The lowest BCUT2D eigenvalue weighted by Crippen LogP contribution is -2.51. The van der Waals surface area contributed by atoms with Crippen molar-refractivity contribution in [3.63, 3.8) is 0 Å². The molecule has 2 rings (SSSR count). The second kappa shape index (κ2) is 4.24. The van der Waals surface area contributed by atoms with Crippen molar-refractivity contribution in [2.24, 2.45) is 0 Å². The van der Waals surface area contributed by atoms with Gasteiger partial charge in [0.25, 0.3) is 0 Å². The highest BCUT2D eigenvalue weighted by atomic mass is 19.4. The first-order valence-corrected chi connectivity index (χ1v) is 5.49. The number of nitrogens with one attached hydrogen (secondary N) is 1. The molecule has 1 N–H and O–H groups in total. The summed E-state index contributed by atoms with van der Waals surface area (Å²) >= 11 is 0. The fraction of sp³-hybridized carbons (Fsp3) is 0.900. The molecule has 2 heterocycles. The van der Waals surface area contributed by atoms with Crippen LogP contribution in [0.5, 0.6) is 0 Å². The molecule has 3 nitrogen and oxygen atoms in total. The minimum Gasteiger partial charge on any atom is -0.456 e. The predicted octanol–water partition coefficient (Wildman–Crippen LogP) is 1.77. The summed E-state index contributed by atoms with van der Waals surface area (Å²) in [4.78, 5) is 10.7. The molecule has 2 fully saturated rings. The van der Waals surface area contributed by atoms with E-state index in [1.807, 2.05) is 0 Å². The van der Waals surface area contributed by atoms with Gasteiger partial charge in [0.1, 0.15) is 6.10 Å². The second-order valence-electron chi connectivity index (χ2n) is 4.49. The summed E-state index contributed by atoms with van der Waals surface area (Å²) in [7, 11) is 0. The molecule has 6 heteroatoms. The summed E-state index contributed by atoms with van der Waals surface area (Å²) in [5.74, 6) is -2.06. The molecule has 0 saturated carbocycles. The standard InChI is InChI=1S/C10H14F3NO2/c11-10(12,13)9(15)16-8-4-6-2-1-3-7(5-8)14-6/h6-8,14H,1-5H2. The van der Waals surface area contributed by atoms with Gasteiger partial charge in [0.2, 0.25) is 0 Å².